The minimum atomic E-state index is 0. The van der Waals surface area contributed by atoms with E-state index in [-0.39, 0.29) is 77.9 Å². The third-order valence-electron chi connectivity index (χ3n) is 0. The van der Waals surface area contributed by atoms with Crippen LogP contribution in [0.25, 0.3) is 0 Å². The Kier molecular flexibility index (Phi) is 280000. The fraction of sp³-hybridized carbons (Fsp3) is 0. The summed E-state index contributed by atoms with van der Waals surface area (Å²) in [5, 5.41) is 0. The van der Waals surface area contributed by atoms with Gasteiger partial charge in [-0.3, -0.25) is 0 Å². The maximum atomic E-state index is 0. The molecule has 0 aliphatic rings. The van der Waals surface area contributed by atoms with Crippen molar-refractivity contribution in [2.75, 3.05) is 0 Å². The first-order valence-electron chi connectivity index (χ1n) is 0. The van der Waals surface area contributed by atoms with Crippen molar-refractivity contribution >= 4 is 0 Å². The van der Waals surface area contributed by atoms with E-state index in [1.807, 2.05) is 0 Å². The van der Waals surface area contributed by atoms with Gasteiger partial charge in [0.25, 0.3) is 0 Å². The molecule has 8 nitrogen and oxygen atoms in total. The molecule has 0 heterocycles. The van der Waals surface area contributed by atoms with Crippen molar-refractivity contribution in [3.8, 4) is 0 Å². The smallest absolute Gasteiger partial charge is 0 e. The van der Waals surface area contributed by atoms with Gasteiger partial charge in [0.05, 0.1) is 0 Å². The van der Waals surface area contributed by atoms with Gasteiger partial charge in [-0.1, -0.05) is 0 Å². The molecule has 0 aromatic heterocycles. The van der Waals surface area contributed by atoms with Crippen LogP contribution < -0.4 is 0 Å². The number of hydrogen-bond donors (Lipinski definition) is 0. The van der Waals surface area contributed by atoms with E-state index >= 15 is 0 Å². The van der Waals surface area contributed by atoms with E-state index in [0.29, 0.717) is 0 Å². The molecule has 0 bridgehead atoms. The van der Waals surface area contributed by atoms with Crippen molar-refractivity contribution < 1.29 is 77.9 Å². The van der Waals surface area contributed by atoms with Gasteiger partial charge in [-0.25, -0.2) is 0 Å². The van der Waals surface area contributed by atoms with E-state index in [2.05, 4.69) is 0 Å². The Balaban J connectivity index is 0. The zero-order valence-electron chi connectivity index (χ0n) is 4.71. The largest absolute Gasteiger partial charge is 0.412 e. The van der Waals surface area contributed by atoms with Gasteiger partial charge in [-0.05, 0) is 0 Å². The van der Waals surface area contributed by atoms with Crippen LogP contribution in [0.5, 0.6) is 0 Å². The molecule has 0 amide bonds. The minimum Gasteiger partial charge on any atom is -0.412 e. The summed E-state index contributed by atoms with van der Waals surface area (Å²) in [5.41, 5.74) is 0. The minimum absolute atomic E-state index is 0. The van der Waals surface area contributed by atoms with Crippen LogP contribution in [0, 0.1) is 0 Å². The fourth-order valence-corrected chi connectivity index (χ4v) is 0. The zero-order chi connectivity index (χ0) is 0. The molecule has 10 heteroatoms. The van der Waals surface area contributed by atoms with Gasteiger partial charge in [-0.15, -0.1) is 0 Å². The molecule has 0 spiro atoms. The summed E-state index contributed by atoms with van der Waals surface area (Å²) in [5.74, 6) is 0. The van der Waals surface area contributed by atoms with E-state index < -0.39 is 0 Å². The molecule has 0 rings (SSSR count). The van der Waals surface area contributed by atoms with E-state index in [1.54, 1.807) is 0 Å². The maximum Gasteiger partial charge on any atom is 0 e. The summed E-state index contributed by atoms with van der Waals surface area (Å²) in [6, 6.07) is 0. The Morgan fingerprint density at radius 1 is 0.200 bits per heavy atom. The average Bonchev–Trinajstić information content (AvgIpc) is 0. The molecule has 0 aliphatic heterocycles. The topological polar surface area (TPSA) is 252 Å². The maximum absolute atomic E-state index is 0. The molecular weight excluding hydrogens is 240 g/mol. The van der Waals surface area contributed by atoms with Crippen molar-refractivity contribution in [2.24, 2.45) is 0 Å². The molecule has 0 fully saturated rings. The summed E-state index contributed by atoms with van der Waals surface area (Å²) < 4.78 is 0. The van der Waals surface area contributed by atoms with Gasteiger partial charge in [0, 0.05) is 34.1 Å². The molecule has 16 N–H and O–H groups in total. The zero-order valence-corrected chi connectivity index (χ0v) is 6.92. The molecular formula is H16Fe2O8. The first kappa shape index (κ1) is 1960. The molecule has 0 aromatic rings. The van der Waals surface area contributed by atoms with E-state index in [1.165, 1.54) is 0 Å². The summed E-state index contributed by atoms with van der Waals surface area (Å²) in [4.78, 5) is 0. The van der Waals surface area contributed by atoms with E-state index in [9.17, 15) is 0 Å². The molecule has 0 radical (unpaired) electrons. The second-order valence-corrected chi connectivity index (χ2v) is 0. The van der Waals surface area contributed by atoms with Crippen LogP contribution in [0.1, 0.15) is 0 Å². The van der Waals surface area contributed by atoms with Crippen molar-refractivity contribution in [3.05, 3.63) is 0 Å². The quantitative estimate of drug-likeness (QED) is 0.366. The van der Waals surface area contributed by atoms with Gasteiger partial charge in [0.1, 0.15) is 0 Å². The average molecular weight is 256 g/mol. The predicted molar refractivity (Wildman–Crippen MR) is 28.9 cm³/mol. The summed E-state index contributed by atoms with van der Waals surface area (Å²) >= 11 is 0. The van der Waals surface area contributed by atoms with Gasteiger partial charge in [0.2, 0.25) is 0 Å². The number of hydrogen-bond acceptors (Lipinski definition) is 0. The molecule has 0 atom stereocenters. The van der Waals surface area contributed by atoms with Crippen LogP contribution in [0.3, 0.4) is 0 Å². The SMILES string of the molecule is O.O.O.O.O.O.O.O.[Fe].[Fe]. The van der Waals surface area contributed by atoms with Crippen LogP contribution in [0.15, 0.2) is 0 Å². The standard InChI is InChI=1S/2Fe.8H2O/h;;8*1H2. The molecule has 0 saturated heterocycles. The molecule has 0 saturated carbocycles. The normalized spacial score (nSPS) is 0. The van der Waals surface area contributed by atoms with Crippen LogP contribution in [0.2, 0.25) is 0 Å². The molecule has 0 aliphatic carbocycles. The molecule has 10 heavy (non-hydrogen) atoms. The summed E-state index contributed by atoms with van der Waals surface area (Å²) in [7, 11) is 0. The van der Waals surface area contributed by atoms with E-state index in [0.717, 1.165) is 0 Å². The molecule has 0 unspecified atom stereocenters. The van der Waals surface area contributed by atoms with Gasteiger partial charge < -0.3 is 43.8 Å². The first-order chi connectivity index (χ1) is 0. The van der Waals surface area contributed by atoms with Gasteiger partial charge in [0.15, 0.2) is 0 Å². The van der Waals surface area contributed by atoms with Crippen molar-refractivity contribution in [1.82, 2.24) is 0 Å². The monoisotopic (exact) mass is 256 g/mol. The fourth-order valence-electron chi connectivity index (χ4n) is 0. The van der Waals surface area contributed by atoms with Crippen LogP contribution in [-0.4, -0.2) is 43.8 Å². The Labute approximate surface area is 78.4 Å². The second kappa shape index (κ2) is 1430. The van der Waals surface area contributed by atoms with Gasteiger partial charge >= 0.3 is 0 Å². The van der Waals surface area contributed by atoms with Crippen molar-refractivity contribution in [1.29, 1.82) is 0 Å². The predicted octanol–water partition coefficient (Wildman–Crippen LogP) is -6.60. The van der Waals surface area contributed by atoms with E-state index in [4.69, 9.17) is 0 Å². The molecule has 0 aromatic carbocycles. The van der Waals surface area contributed by atoms with Crippen LogP contribution in [-0.2, 0) is 34.1 Å². The van der Waals surface area contributed by atoms with Crippen LogP contribution in [0.4, 0.5) is 0 Å². The molecule has 80 valence electrons. The third-order valence-corrected chi connectivity index (χ3v) is 0. The Morgan fingerprint density at radius 2 is 0.200 bits per heavy atom. The van der Waals surface area contributed by atoms with Crippen molar-refractivity contribution in [2.45, 2.75) is 0 Å². The van der Waals surface area contributed by atoms with Crippen molar-refractivity contribution in [3.63, 3.8) is 0 Å². The summed E-state index contributed by atoms with van der Waals surface area (Å²) in [6.07, 6.45) is 0. The van der Waals surface area contributed by atoms with Gasteiger partial charge in [-0.2, -0.15) is 0 Å². The summed E-state index contributed by atoms with van der Waals surface area (Å²) in [6.45, 7) is 0. The first-order valence-corrected chi connectivity index (χ1v) is 0. The van der Waals surface area contributed by atoms with Crippen LogP contribution >= 0.6 is 0 Å². The Morgan fingerprint density at radius 3 is 0.200 bits per heavy atom. The Bertz CT molecular complexity index is 7.22. The Hall–Kier alpha value is 0.719. The third kappa shape index (κ3) is 1010. The number of rotatable bonds is 0. The second-order valence-electron chi connectivity index (χ2n) is 0.